The van der Waals surface area contributed by atoms with Crippen molar-refractivity contribution in [1.82, 2.24) is 4.90 Å². The van der Waals surface area contributed by atoms with Crippen molar-refractivity contribution < 1.29 is 13.9 Å². The zero-order valence-corrected chi connectivity index (χ0v) is 13.8. The normalized spacial score (nSPS) is 10.3. The summed E-state index contributed by atoms with van der Waals surface area (Å²) in [6.45, 7) is 0.660. The average molecular weight is 366 g/mol. The first-order valence-electron chi connectivity index (χ1n) is 6.92. The number of ether oxygens (including phenoxy) is 1. The minimum Gasteiger partial charge on any atom is -0.489 e. The first-order valence-corrected chi connectivity index (χ1v) is 7.71. The summed E-state index contributed by atoms with van der Waals surface area (Å²) in [5, 5.41) is 0. The van der Waals surface area contributed by atoms with Gasteiger partial charge in [-0.1, -0.05) is 40.2 Å². The van der Waals surface area contributed by atoms with Gasteiger partial charge in [-0.2, -0.15) is 0 Å². The second-order valence-electron chi connectivity index (χ2n) is 4.90. The summed E-state index contributed by atoms with van der Waals surface area (Å²) in [7, 11) is 1.71. The van der Waals surface area contributed by atoms with E-state index < -0.39 is 5.82 Å². The average Bonchev–Trinajstić information content (AvgIpc) is 2.51. The highest BCUT2D eigenvalue weighted by atomic mass is 79.9. The number of likely N-dealkylation sites (N-methyl/N-ethyl adjacent to an activating group) is 1. The fourth-order valence-electron chi connectivity index (χ4n) is 1.89. The van der Waals surface area contributed by atoms with Crippen LogP contribution in [0.3, 0.4) is 0 Å². The molecule has 2 aromatic rings. The van der Waals surface area contributed by atoms with E-state index in [0.29, 0.717) is 13.0 Å². The summed E-state index contributed by atoms with van der Waals surface area (Å²) < 4.78 is 19.7. The topological polar surface area (TPSA) is 29.5 Å². The molecule has 0 saturated heterocycles. The van der Waals surface area contributed by atoms with Crippen molar-refractivity contribution in [1.29, 1.82) is 0 Å². The van der Waals surface area contributed by atoms with Crippen molar-refractivity contribution in [2.24, 2.45) is 0 Å². The lowest BCUT2D eigenvalue weighted by Crippen LogP contribution is -2.32. The van der Waals surface area contributed by atoms with Gasteiger partial charge in [-0.15, -0.1) is 0 Å². The van der Waals surface area contributed by atoms with Crippen LogP contribution in [0.25, 0.3) is 0 Å². The van der Waals surface area contributed by atoms with Crippen molar-refractivity contribution in [3.8, 4) is 5.75 Å². The van der Waals surface area contributed by atoms with E-state index in [1.165, 1.54) is 6.07 Å². The third kappa shape index (κ3) is 4.84. The van der Waals surface area contributed by atoms with Gasteiger partial charge in [-0.25, -0.2) is 4.39 Å². The summed E-state index contributed by atoms with van der Waals surface area (Å²) >= 11 is 3.36. The molecule has 5 heteroatoms. The van der Waals surface area contributed by atoms with Gasteiger partial charge in [0.15, 0.2) is 11.6 Å². The van der Waals surface area contributed by atoms with E-state index in [-0.39, 0.29) is 18.3 Å². The highest BCUT2D eigenvalue weighted by molar-refractivity contribution is 9.10. The third-order valence-corrected chi connectivity index (χ3v) is 3.74. The van der Waals surface area contributed by atoms with Crippen molar-refractivity contribution in [2.45, 2.75) is 6.42 Å². The second-order valence-corrected chi connectivity index (χ2v) is 5.81. The Hall–Kier alpha value is -1.88. The maximum Gasteiger partial charge on any atom is 0.226 e. The molecule has 0 radical (unpaired) electrons. The van der Waals surface area contributed by atoms with Crippen LogP contribution in [0.5, 0.6) is 5.75 Å². The molecule has 2 rings (SSSR count). The van der Waals surface area contributed by atoms with Crippen LogP contribution < -0.4 is 4.74 Å². The molecule has 0 unspecified atom stereocenters. The van der Waals surface area contributed by atoms with E-state index in [0.717, 1.165) is 10.0 Å². The molecule has 1 amide bonds. The number of nitrogens with zero attached hydrogens (tertiary/aromatic N) is 1. The van der Waals surface area contributed by atoms with E-state index in [1.807, 2.05) is 24.3 Å². The van der Waals surface area contributed by atoms with Crippen LogP contribution >= 0.6 is 15.9 Å². The lowest BCUT2D eigenvalue weighted by atomic mass is 10.1. The van der Waals surface area contributed by atoms with Crippen LogP contribution in [0.1, 0.15) is 5.56 Å². The van der Waals surface area contributed by atoms with Crippen LogP contribution in [0.2, 0.25) is 0 Å². The van der Waals surface area contributed by atoms with Crippen molar-refractivity contribution in [2.75, 3.05) is 20.2 Å². The van der Waals surface area contributed by atoms with Crippen LogP contribution in [-0.2, 0) is 11.2 Å². The van der Waals surface area contributed by atoms with Crippen LogP contribution in [0.15, 0.2) is 53.0 Å². The smallest absolute Gasteiger partial charge is 0.226 e. The molecule has 3 nitrogen and oxygen atoms in total. The number of carbonyl (C=O) groups excluding carboxylic acids is 1. The van der Waals surface area contributed by atoms with Gasteiger partial charge < -0.3 is 9.64 Å². The number of para-hydroxylation sites is 1. The maximum atomic E-state index is 13.4. The zero-order valence-electron chi connectivity index (χ0n) is 12.3. The Labute approximate surface area is 137 Å². The quantitative estimate of drug-likeness (QED) is 0.781. The van der Waals surface area contributed by atoms with Gasteiger partial charge in [0, 0.05) is 11.5 Å². The summed E-state index contributed by atoms with van der Waals surface area (Å²) in [6.07, 6.45) is 0.337. The number of hydrogen-bond donors (Lipinski definition) is 0. The molecule has 0 N–H and O–H groups in total. The number of halogens is 2. The Kier molecular flexibility index (Phi) is 5.95. The molecule has 0 fully saturated rings. The number of carbonyl (C=O) groups is 1. The van der Waals surface area contributed by atoms with Gasteiger partial charge in [0.1, 0.15) is 6.61 Å². The number of hydrogen-bond acceptors (Lipinski definition) is 2. The van der Waals surface area contributed by atoms with Crippen LogP contribution in [0, 0.1) is 5.82 Å². The summed E-state index contributed by atoms with van der Waals surface area (Å²) in [5.41, 5.74) is 0.954. The Morgan fingerprint density at radius 2 is 1.86 bits per heavy atom. The van der Waals surface area contributed by atoms with Gasteiger partial charge in [0.25, 0.3) is 0 Å². The predicted molar refractivity (Wildman–Crippen MR) is 87.4 cm³/mol. The van der Waals surface area contributed by atoms with Crippen LogP contribution in [-0.4, -0.2) is 31.0 Å². The summed E-state index contributed by atoms with van der Waals surface area (Å²) in [6, 6.07) is 13.9. The molecule has 0 aliphatic rings. The Balaban J connectivity index is 1.79. The summed E-state index contributed by atoms with van der Waals surface area (Å²) in [4.78, 5) is 13.7. The lowest BCUT2D eigenvalue weighted by Gasteiger charge is -2.17. The highest BCUT2D eigenvalue weighted by Gasteiger charge is 2.10. The van der Waals surface area contributed by atoms with Crippen molar-refractivity contribution in [3.63, 3.8) is 0 Å². The van der Waals surface area contributed by atoms with Gasteiger partial charge in [-0.05, 0) is 29.8 Å². The maximum absolute atomic E-state index is 13.4. The lowest BCUT2D eigenvalue weighted by molar-refractivity contribution is -0.129. The van der Waals surface area contributed by atoms with Gasteiger partial charge in [0.05, 0.1) is 13.0 Å². The molecule has 0 aliphatic carbocycles. The molecular weight excluding hydrogens is 349 g/mol. The molecule has 2 aromatic carbocycles. The van der Waals surface area contributed by atoms with Gasteiger partial charge in [-0.3, -0.25) is 4.79 Å². The Bertz CT molecular complexity index is 631. The molecule has 0 bridgehead atoms. The van der Waals surface area contributed by atoms with E-state index in [9.17, 15) is 9.18 Å². The van der Waals surface area contributed by atoms with Gasteiger partial charge >= 0.3 is 0 Å². The highest BCUT2D eigenvalue weighted by Crippen LogP contribution is 2.15. The van der Waals surface area contributed by atoms with Crippen molar-refractivity contribution in [3.05, 3.63) is 64.4 Å². The monoisotopic (exact) mass is 365 g/mol. The number of amides is 1. The van der Waals surface area contributed by atoms with E-state index in [4.69, 9.17) is 4.74 Å². The van der Waals surface area contributed by atoms with Crippen molar-refractivity contribution >= 4 is 21.8 Å². The fraction of sp³-hybridized carbons (Fsp3) is 0.235. The number of rotatable bonds is 6. The first kappa shape index (κ1) is 16.5. The summed E-state index contributed by atoms with van der Waals surface area (Å²) in [5.74, 6) is -0.193. The molecule has 0 heterocycles. The van der Waals surface area contributed by atoms with Crippen LogP contribution in [0.4, 0.5) is 4.39 Å². The predicted octanol–water partition coefficient (Wildman–Crippen LogP) is 3.67. The molecule has 22 heavy (non-hydrogen) atoms. The fourth-order valence-corrected chi connectivity index (χ4v) is 2.16. The SMILES string of the molecule is CN(CCOc1ccccc1F)C(=O)Cc1ccc(Br)cc1. The molecule has 0 spiro atoms. The van der Waals surface area contributed by atoms with Gasteiger partial charge in [0.2, 0.25) is 5.91 Å². The Morgan fingerprint density at radius 3 is 2.55 bits per heavy atom. The molecular formula is C17H17BrFNO2. The van der Waals surface area contributed by atoms with E-state index in [1.54, 1.807) is 30.1 Å². The molecule has 0 atom stereocenters. The molecule has 0 aromatic heterocycles. The Morgan fingerprint density at radius 1 is 1.18 bits per heavy atom. The largest absolute Gasteiger partial charge is 0.489 e. The van der Waals surface area contributed by atoms with E-state index >= 15 is 0 Å². The minimum atomic E-state index is -0.397. The zero-order chi connectivity index (χ0) is 15.9. The second kappa shape index (κ2) is 7.94. The molecule has 0 aliphatic heterocycles. The third-order valence-electron chi connectivity index (χ3n) is 3.22. The molecule has 116 valence electrons. The molecule has 0 saturated carbocycles. The first-order chi connectivity index (χ1) is 10.6. The van der Waals surface area contributed by atoms with E-state index in [2.05, 4.69) is 15.9 Å². The standard InChI is InChI=1S/C17H17BrFNO2/c1-20(10-11-22-16-5-3-2-4-15(16)19)17(21)12-13-6-8-14(18)9-7-13/h2-9H,10-12H2,1H3. The number of benzene rings is 2. The minimum absolute atomic E-state index is 0.000504.